The molecular weight excluding hydrogens is 695 g/mol. The lowest BCUT2D eigenvalue weighted by molar-refractivity contribution is 0.647. The fourth-order valence-electron chi connectivity index (χ4n) is 9.38. The number of furan rings is 1. The Hall–Kier alpha value is -7.30. The van der Waals surface area contributed by atoms with Gasteiger partial charge in [0.2, 0.25) is 0 Å². The molecule has 0 N–H and O–H groups in total. The molecule has 0 aliphatic heterocycles. The number of fused-ring (bicyclic) bond motifs is 10. The van der Waals surface area contributed by atoms with Crippen molar-refractivity contribution in [2.24, 2.45) is 0 Å². The quantitative estimate of drug-likeness (QED) is 0.181. The van der Waals surface area contributed by atoms with E-state index in [4.69, 9.17) is 14.4 Å². The van der Waals surface area contributed by atoms with Crippen molar-refractivity contribution >= 4 is 54.6 Å². The molecule has 0 atom stereocenters. The van der Waals surface area contributed by atoms with Crippen LogP contribution >= 0.6 is 0 Å². The Morgan fingerprint density at radius 3 is 2.04 bits per heavy atom. The normalized spacial score (nSPS) is 13.2. The number of hydrogen-bond donors (Lipinski definition) is 0. The van der Waals surface area contributed by atoms with Crippen LogP contribution in [-0.4, -0.2) is 14.5 Å². The van der Waals surface area contributed by atoms with E-state index in [-0.39, 0.29) is 5.41 Å². The van der Waals surface area contributed by atoms with E-state index in [2.05, 4.69) is 176 Å². The van der Waals surface area contributed by atoms with Crippen molar-refractivity contribution in [3.05, 3.63) is 187 Å². The highest BCUT2D eigenvalue weighted by molar-refractivity contribution is 6.11. The van der Waals surface area contributed by atoms with Gasteiger partial charge in [0.15, 0.2) is 5.82 Å². The van der Waals surface area contributed by atoms with Crippen LogP contribution in [0.5, 0.6) is 0 Å². The summed E-state index contributed by atoms with van der Waals surface area (Å²) in [4.78, 5) is 10.3. The first-order valence-electron chi connectivity index (χ1n) is 19.6. The van der Waals surface area contributed by atoms with Crippen LogP contribution in [0.4, 0.5) is 0 Å². The van der Waals surface area contributed by atoms with Crippen LogP contribution in [0.1, 0.15) is 25.0 Å². The summed E-state index contributed by atoms with van der Waals surface area (Å²) in [6.45, 7) is 4.66. The summed E-state index contributed by atoms with van der Waals surface area (Å²) >= 11 is 0. The standard InChI is InChI=1S/C53H35N3O/c1-53(2)44-25-23-33(28-40(44)41-30-43-38-18-8-11-22-49(38)57-50(43)31-45(41)53)34-24-26-48-42(29-34)37-17-7-10-21-47(37)56(48)36-16-12-15-35(27-36)52-54-46-20-9-6-19-39(46)51(55-52)32-13-4-3-5-14-32/h3-31H,1-2H3. The molecule has 0 fully saturated rings. The molecule has 0 spiro atoms. The lowest BCUT2D eigenvalue weighted by Crippen LogP contribution is -2.14. The van der Waals surface area contributed by atoms with E-state index in [1.54, 1.807) is 0 Å². The average molecular weight is 730 g/mol. The van der Waals surface area contributed by atoms with Crippen molar-refractivity contribution in [1.82, 2.24) is 14.5 Å². The number of hydrogen-bond acceptors (Lipinski definition) is 3. The molecule has 0 saturated heterocycles. The summed E-state index contributed by atoms with van der Waals surface area (Å²) in [5.41, 5.74) is 16.7. The third-order valence-electron chi connectivity index (χ3n) is 12.2. The summed E-state index contributed by atoms with van der Waals surface area (Å²) in [6.07, 6.45) is 0. The van der Waals surface area contributed by atoms with Gasteiger partial charge >= 0.3 is 0 Å². The summed E-state index contributed by atoms with van der Waals surface area (Å²) in [6, 6.07) is 62.9. The Labute approximate surface area is 329 Å². The zero-order chi connectivity index (χ0) is 37.8. The lowest BCUT2D eigenvalue weighted by Gasteiger charge is -2.21. The van der Waals surface area contributed by atoms with Crippen molar-refractivity contribution < 1.29 is 4.42 Å². The number of nitrogens with zero attached hydrogens (tertiary/aromatic N) is 3. The van der Waals surface area contributed by atoms with E-state index in [1.807, 2.05) is 18.2 Å². The van der Waals surface area contributed by atoms with Crippen molar-refractivity contribution in [1.29, 1.82) is 0 Å². The molecule has 268 valence electrons. The van der Waals surface area contributed by atoms with Gasteiger partial charge in [-0.1, -0.05) is 129 Å². The van der Waals surface area contributed by atoms with E-state index in [0.717, 1.165) is 61.0 Å². The number of para-hydroxylation sites is 3. The minimum atomic E-state index is -0.136. The average Bonchev–Trinajstić information content (AvgIpc) is 3.87. The highest BCUT2D eigenvalue weighted by Gasteiger charge is 2.36. The van der Waals surface area contributed by atoms with Gasteiger partial charge in [0.25, 0.3) is 0 Å². The van der Waals surface area contributed by atoms with Crippen LogP contribution < -0.4 is 0 Å². The summed E-state index contributed by atoms with van der Waals surface area (Å²) in [7, 11) is 0. The molecule has 1 aliphatic carbocycles. The predicted molar refractivity (Wildman–Crippen MR) is 235 cm³/mol. The Bertz CT molecular complexity index is 3440. The molecule has 1 aliphatic rings. The second-order valence-corrected chi connectivity index (χ2v) is 15.8. The maximum atomic E-state index is 6.33. The first-order chi connectivity index (χ1) is 28.0. The highest BCUT2D eigenvalue weighted by Crippen LogP contribution is 2.52. The van der Waals surface area contributed by atoms with Crippen molar-refractivity contribution in [3.8, 4) is 50.6 Å². The van der Waals surface area contributed by atoms with Crippen LogP contribution in [0, 0.1) is 0 Å². The predicted octanol–water partition coefficient (Wildman–Crippen LogP) is 13.9. The fourth-order valence-corrected chi connectivity index (χ4v) is 9.38. The molecule has 0 amide bonds. The van der Waals surface area contributed by atoms with Crippen LogP contribution in [0.2, 0.25) is 0 Å². The van der Waals surface area contributed by atoms with Gasteiger partial charge in [0, 0.05) is 49.2 Å². The van der Waals surface area contributed by atoms with Gasteiger partial charge in [-0.15, -0.1) is 0 Å². The van der Waals surface area contributed by atoms with Gasteiger partial charge in [-0.05, 0) is 94.0 Å². The largest absolute Gasteiger partial charge is 0.456 e. The maximum absolute atomic E-state index is 6.33. The molecule has 4 nitrogen and oxygen atoms in total. The molecule has 3 heterocycles. The third-order valence-corrected chi connectivity index (χ3v) is 12.2. The highest BCUT2D eigenvalue weighted by atomic mass is 16.3. The summed E-state index contributed by atoms with van der Waals surface area (Å²) in [5, 5.41) is 5.80. The monoisotopic (exact) mass is 729 g/mol. The fraction of sp³-hybridized carbons (Fsp3) is 0.0566. The van der Waals surface area contributed by atoms with Crippen LogP contribution in [0.15, 0.2) is 180 Å². The van der Waals surface area contributed by atoms with Gasteiger partial charge in [-0.2, -0.15) is 0 Å². The minimum absolute atomic E-state index is 0.136. The molecule has 8 aromatic carbocycles. The molecule has 0 unspecified atom stereocenters. The number of benzene rings is 8. The maximum Gasteiger partial charge on any atom is 0.160 e. The Morgan fingerprint density at radius 1 is 0.439 bits per heavy atom. The molecule has 12 rings (SSSR count). The SMILES string of the molecule is CC1(C)c2ccc(-c3ccc4c(c3)c3ccccc3n4-c3cccc(-c4nc(-c5ccccc5)c5ccccc5n4)c3)cc2-c2cc3c(cc21)oc1ccccc13. The molecule has 0 saturated carbocycles. The Balaban J connectivity index is 0.989. The zero-order valence-electron chi connectivity index (χ0n) is 31.5. The zero-order valence-corrected chi connectivity index (χ0v) is 31.5. The molecular formula is C53H35N3O. The number of rotatable bonds is 4. The first kappa shape index (κ1) is 32.0. The molecule has 0 radical (unpaired) electrons. The molecule has 11 aromatic rings. The van der Waals surface area contributed by atoms with E-state index < -0.39 is 0 Å². The molecule has 57 heavy (non-hydrogen) atoms. The second kappa shape index (κ2) is 11.8. The van der Waals surface area contributed by atoms with Crippen molar-refractivity contribution in [2.75, 3.05) is 0 Å². The van der Waals surface area contributed by atoms with E-state index >= 15 is 0 Å². The van der Waals surface area contributed by atoms with Crippen molar-refractivity contribution in [2.45, 2.75) is 19.3 Å². The molecule has 0 bridgehead atoms. The van der Waals surface area contributed by atoms with Crippen molar-refractivity contribution in [3.63, 3.8) is 0 Å². The van der Waals surface area contributed by atoms with Gasteiger partial charge in [0.1, 0.15) is 11.2 Å². The van der Waals surface area contributed by atoms with E-state index in [0.29, 0.717) is 5.82 Å². The smallest absolute Gasteiger partial charge is 0.160 e. The Kier molecular flexibility index (Phi) is 6.65. The van der Waals surface area contributed by atoms with Gasteiger partial charge in [0.05, 0.1) is 22.2 Å². The number of aromatic nitrogens is 3. The second-order valence-electron chi connectivity index (χ2n) is 15.8. The van der Waals surface area contributed by atoms with Gasteiger partial charge in [-0.3, -0.25) is 0 Å². The summed E-state index contributed by atoms with van der Waals surface area (Å²) in [5.74, 6) is 0.709. The van der Waals surface area contributed by atoms with Crippen LogP contribution in [0.25, 0.3) is 105 Å². The van der Waals surface area contributed by atoms with E-state index in [9.17, 15) is 0 Å². The van der Waals surface area contributed by atoms with Gasteiger partial charge in [-0.25, -0.2) is 9.97 Å². The van der Waals surface area contributed by atoms with Gasteiger partial charge < -0.3 is 8.98 Å². The van der Waals surface area contributed by atoms with Crippen LogP contribution in [-0.2, 0) is 5.41 Å². The summed E-state index contributed by atoms with van der Waals surface area (Å²) < 4.78 is 8.70. The van der Waals surface area contributed by atoms with Crippen LogP contribution in [0.3, 0.4) is 0 Å². The third kappa shape index (κ3) is 4.74. The Morgan fingerprint density at radius 2 is 1.14 bits per heavy atom. The lowest BCUT2D eigenvalue weighted by atomic mass is 9.82. The van der Waals surface area contributed by atoms with E-state index in [1.165, 1.54) is 49.5 Å². The topological polar surface area (TPSA) is 43.9 Å². The molecule has 3 aromatic heterocycles. The molecule has 4 heteroatoms. The first-order valence-corrected chi connectivity index (χ1v) is 19.6. The minimum Gasteiger partial charge on any atom is -0.456 e.